The van der Waals surface area contributed by atoms with Crippen LogP contribution in [0.25, 0.3) is 0 Å². The zero-order valence-electron chi connectivity index (χ0n) is 2.85. The van der Waals surface area contributed by atoms with Crippen molar-refractivity contribution in [3.8, 4) is 0 Å². The molecule has 0 heterocycles. The molecule has 0 aliphatic rings. The summed E-state index contributed by atoms with van der Waals surface area (Å²) in [5, 5.41) is 0. The first-order valence-corrected chi connectivity index (χ1v) is 2.35. The summed E-state index contributed by atoms with van der Waals surface area (Å²) < 4.78 is 8.88. The molecule has 0 aromatic heterocycles. The Bertz CT molecular complexity index is 62.2. The van der Waals surface area contributed by atoms with Crippen LogP contribution in [-0.4, -0.2) is 32.0 Å². The molecule has 0 aromatic rings. The predicted octanol–water partition coefficient (Wildman–Crippen LogP) is -2.12. The summed E-state index contributed by atoms with van der Waals surface area (Å²) in [6.07, 6.45) is 0. The smallest absolute Gasteiger partial charge is 0.303 e. The maximum Gasteiger partial charge on any atom is 0.466 e. The first kappa shape index (κ1) is 22.6. The minimum atomic E-state index is -4.64. The fourth-order valence-corrected chi connectivity index (χ4v) is 0. The van der Waals surface area contributed by atoms with Crippen LogP contribution < -0.4 is 0 Å². The molecule has 0 aliphatic carbocycles. The third kappa shape index (κ3) is 125. The molecule has 0 aliphatic heterocycles. The fraction of sp³-hybridized carbons (Fsp3) is 0. The normalized spacial score (nSPS) is 7.38. The van der Waals surface area contributed by atoms with Crippen LogP contribution in [0.4, 0.5) is 0 Å². The van der Waals surface area contributed by atoms with Crippen molar-refractivity contribution in [3.63, 3.8) is 0 Å². The molecule has 0 unspecified atom stereocenters. The molecule has 0 saturated heterocycles. The second-order valence-electron chi connectivity index (χ2n) is 0.513. The molecule has 0 atom stereocenters. The van der Waals surface area contributed by atoms with E-state index in [2.05, 4.69) is 0 Å². The summed E-state index contributed by atoms with van der Waals surface area (Å²) in [4.78, 5) is 21.6. The first-order chi connectivity index (χ1) is 2.00. The zero-order valence-corrected chi connectivity index (χ0v) is 5.77. The standard InChI is InChI=1S/Al.Co.Ni.H3O4P.3H/c;;;1-5(2,3)4;;;/h;;;(H3,1,2,3,4);;;. The Morgan fingerprint density at radius 2 is 1.12 bits per heavy atom. The second-order valence-corrected chi connectivity index (χ2v) is 1.54. The Hall–Kier alpha value is 1.64. The average molecular weight is 246 g/mol. The first-order valence-electron chi connectivity index (χ1n) is 0.783. The van der Waals surface area contributed by atoms with E-state index in [-0.39, 0.29) is 50.6 Å². The maximum atomic E-state index is 8.88. The molecule has 0 rings (SSSR count). The van der Waals surface area contributed by atoms with Gasteiger partial charge in [0.05, 0.1) is 0 Å². The molecule has 0 saturated carbocycles. The van der Waals surface area contributed by atoms with Crippen molar-refractivity contribution < 1.29 is 52.5 Å². The molecular formula is H6AlCoNiO4P. The Morgan fingerprint density at radius 1 is 1.12 bits per heavy atom. The van der Waals surface area contributed by atoms with E-state index in [1.165, 1.54) is 0 Å². The van der Waals surface area contributed by atoms with Crippen LogP contribution in [0.3, 0.4) is 0 Å². The summed E-state index contributed by atoms with van der Waals surface area (Å²) >= 11 is 0. The number of hydrogen-bond donors (Lipinski definition) is 3. The third-order valence-corrected chi connectivity index (χ3v) is 0. The van der Waals surface area contributed by atoms with Crippen LogP contribution in [0.5, 0.6) is 0 Å². The Kier molecular flexibility index (Phi) is 24.4. The summed E-state index contributed by atoms with van der Waals surface area (Å²) in [5.41, 5.74) is 0. The summed E-state index contributed by atoms with van der Waals surface area (Å²) in [6, 6.07) is 0. The van der Waals surface area contributed by atoms with Gasteiger partial charge in [-0.25, -0.2) is 4.57 Å². The van der Waals surface area contributed by atoms with Gasteiger partial charge in [0.15, 0.2) is 17.4 Å². The SMILES string of the molecule is O=P(O)(O)O.[AlH3].[Co].[Ni]. The Morgan fingerprint density at radius 3 is 1.12 bits per heavy atom. The van der Waals surface area contributed by atoms with E-state index in [1.807, 2.05) is 0 Å². The molecule has 0 bridgehead atoms. The van der Waals surface area contributed by atoms with Gasteiger partial charge in [0.1, 0.15) is 0 Å². The molecule has 3 N–H and O–H groups in total. The minimum absolute atomic E-state index is 0. The van der Waals surface area contributed by atoms with Crippen molar-refractivity contribution >= 4 is 25.2 Å². The van der Waals surface area contributed by atoms with Gasteiger partial charge < -0.3 is 14.7 Å². The van der Waals surface area contributed by atoms with Gasteiger partial charge in [-0.2, -0.15) is 0 Å². The Labute approximate surface area is 77.5 Å². The van der Waals surface area contributed by atoms with Gasteiger partial charge in [-0.1, -0.05) is 0 Å². The maximum absolute atomic E-state index is 8.88. The van der Waals surface area contributed by atoms with Crippen LogP contribution in [0.15, 0.2) is 0 Å². The van der Waals surface area contributed by atoms with E-state index >= 15 is 0 Å². The van der Waals surface area contributed by atoms with Gasteiger partial charge in [0, 0.05) is 33.3 Å². The van der Waals surface area contributed by atoms with Crippen LogP contribution in [0.2, 0.25) is 0 Å². The largest absolute Gasteiger partial charge is 0.466 e. The van der Waals surface area contributed by atoms with Crippen LogP contribution in [-0.2, 0) is 37.8 Å². The van der Waals surface area contributed by atoms with E-state index in [9.17, 15) is 0 Å². The monoisotopic (exact) mass is 245 g/mol. The average Bonchev–Trinajstić information content (AvgIpc) is 0.722. The van der Waals surface area contributed by atoms with Crippen molar-refractivity contribution in [2.24, 2.45) is 0 Å². The number of phosphoric acid groups is 1. The summed E-state index contributed by atoms with van der Waals surface area (Å²) in [6.45, 7) is 0. The van der Waals surface area contributed by atoms with Crippen molar-refractivity contribution in [1.82, 2.24) is 0 Å². The van der Waals surface area contributed by atoms with Gasteiger partial charge in [-0.15, -0.1) is 0 Å². The van der Waals surface area contributed by atoms with Crippen molar-refractivity contribution in [1.29, 1.82) is 0 Å². The fourth-order valence-electron chi connectivity index (χ4n) is 0. The molecular weight excluding hydrogens is 240 g/mol. The number of hydrogen-bond acceptors (Lipinski definition) is 1. The molecule has 0 spiro atoms. The topological polar surface area (TPSA) is 77.8 Å². The van der Waals surface area contributed by atoms with E-state index in [0.29, 0.717) is 0 Å². The zero-order chi connectivity index (χ0) is 4.50. The quantitative estimate of drug-likeness (QED) is 0.337. The van der Waals surface area contributed by atoms with E-state index in [4.69, 9.17) is 19.2 Å². The van der Waals surface area contributed by atoms with Crippen molar-refractivity contribution in [2.45, 2.75) is 0 Å². The van der Waals surface area contributed by atoms with Crippen LogP contribution in [0, 0.1) is 0 Å². The Balaban J connectivity index is -0.0000000267. The number of rotatable bonds is 0. The van der Waals surface area contributed by atoms with Gasteiger partial charge in [0.2, 0.25) is 0 Å². The van der Waals surface area contributed by atoms with E-state index < -0.39 is 7.82 Å². The molecule has 0 amide bonds. The molecule has 0 fully saturated rings. The molecule has 57 valence electrons. The summed E-state index contributed by atoms with van der Waals surface area (Å²) in [5.74, 6) is 0. The molecule has 8 heteroatoms. The van der Waals surface area contributed by atoms with Gasteiger partial charge >= 0.3 is 7.82 Å². The minimum Gasteiger partial charge on any atom is -0.303 e. The van der Waals surface area contributed by atoms with Crippen LogP contribution in [0.1, 0.15) is 0 Å². The van der Waals surface area contributed by atoms with E-state index in [0.717, 1.165) is 0 Å². The predicted molar refractivity (Wildman–Crippen MR) is 24.2 cm³/mol. The summed E-state index contributed by atoms with van der Waals surface area (Å²) in [7, 11) is -4.64. The van der Waals surface area contributed by atoms with Crippen molar-refractivity contribution in [3.05, 3.63) is 0 Å². The molecule has 4 nitrogen and oxygen atoms in total. The van der Waals surface area contributed by atoms with Crippen LogP contribution >= 0.6 is 7.82 Å². The van der Waals surface area contributed by atoms with Gasteiger partial charge in [-0.05, 0) is 0 Å². The second kappa shape index (κ2) is 8.64. The molecule has 0 aromatic carbocycles. The van der Waals surface area contributed by atoms with Gasteiger partial charge in [-0.3, -0.25) is 0 Å². The molecule has 1 radical (unpaired) electrons. The third-order valence-electron chi connectivity index (χ3n) is 0. The molecule has 8 heavy (non-hydrogen) atoms. The van der Waals surface area contributed by atoms with E-state index in [1.54, 1.807) is 0 Å². The van der Waals surface area contributed by atoms with Gasteiger partial charge in [0.25, 0.3) is 0 Å². The van der Waals surface area contributed by atoms with Crippen molar-refractivity contribution in [2.75, 3.05) is 0 Å².